The Morgan fingerprint density at radius 1 is 1.39 bits per heavy atom. The smallest absolute Gasteiger partial charge is 0.335 e. The Hall–Kier alpha value is -1.62. The van der Waals surface area contributed by atoms with Crippen LogP contribution in [0.3, 0.4) is 0 Å². The van der Waals surface area contributed by atoms with Crippen molar-refractivity contribution >= 4 is 32.8 Å². The SMILES string of the molecule is O=C(O)c1cc(OC2CC2)c2ncc(Br)cc2c1. The number of ether oxygens (including phenoxy) is 1. The van der Waals surface area contributed by atoms with E-state index in [0.29, 0.717) is 11.3 Å². The van der Waals surface area contributed by atoms with Crippen molar-refractivity contribution in [2.45, 2.75) is 18.9 Å². The van der Waals surface area contributed by atoms with Gasteiger partial charge in [0.15, 0.2) is 0 Å². The first-order valence-corrected chi connectivity index (χ1v) is 6.42. The fourth-order valence-electron chi connectivity index (χ4n) is 1.77. The van der Waals surface area contributed by atoms with Crippen molar-refractivity contribution in [3.63, 3.8) is 0 Å². The minimum Gasteiger partial charge on any atom is -0.488 e. The van der Waals surface area contributed by atoms with Crippen molar-refractivity contribution in [1.82, 2.24) is 4.98 Å². The third-order valence-corrected chi connectivity index (χ3v) is 3.21. The minimum atomic E-state index is -0.961. The molecule has 0 atom stereocenters. The molecule has 5 heteroatoms. The molecule has 4 nitrogen and oxygen atoms in total. The third-order valence-electron chi connectivity index (χ3n) is 2.78. The maximum Gasteiger partial charge on any atom is 0.335 e. The van der Waals surface area contributed by atoms with E-state index in [0.717, 1.165) is 22.7 Å². The fraction of sp³-hybridized carbons (Fsp3) is 0.231. The molecule has 3 rings (SSSR count). The van der Waals surface area contributed by atoms with Crippen molar-refractivity contribution in [2.75, 3.05) is 0 Å². The van der Waals surface area contributed by atoms with Gasteiger partial charge in [-0.25, -0.2) is 4.79 Å². The minimum absolute atomic E-state index is 0.211. The fourth-order valence-corrected chi connectivity index (χ4v) is 2.12. The van der Waals surface area contributed by atoms with Gasteiger partial charge in [0, 0.05) is 16.1 Å². The Bertz CT molecular complexity index is 637. The summed E-state index contributed by atoms with van der Waals surface area (Å²) in [5.41, 5.74) is 0.924. The molecule has 1 saturated carbocycles. The molecular weight excluding hydrogens is 298 g/mol. The quantitative estimate of drug-likeness (QED) is 0.945. The molecule has 1 aliphatic carbocycles. The van der Waals surface area contributed by atoms with E-state index in [1.165, 1.54) is 0 Å². The molecule has 0 amide bonds. The monoisotopic (exact) mass is 307 g/mol. The number of nitrogens with zero attached hydrogens (tertiary/aromatic N) is 1. The second kappa shape index (κ2) is 4.24. The summed E-state index contributed by atoms with van der Waals surface area (Å²) in [6.45, 7) is 0. The second-order valence-electron chi connectivity index (χ2n) is 4.32. The molecule has 0 spiro atoms. The topological polar surface area (TPSA) is 59.4 Å². The van der Waals surface area contributed by atoms with Crippen molar-refractivity contribution < 1.29 is 14.6 Å². The van der Waals surface area contributed by atoms with E-state index >= 15 is 0 Å². The van der Waals surface area contributed by atoms with Crippen LogP contribution in [-0.2, 0) is 0 Å². The summed E-state index contributed by atoms with van der Waals surface area (Å²) in [6.07, 6.45) is 3.94. The van der Waals surface area contributed by atoms with E-state index < -0.39 is 5.97 Å². The molecule has 1 heterocycles. The number of carbonyl (C=O) groups is 1. The van der Waals surface area contributed by atoms with E-state index in [9.17, 15) is 4.79 Å². The number of aromatic carboxylic acids is 1. The van der Waals surface area contributed by atoms with Crippen molar-refractivity contribution in [2.24, 2.45) is 0 Å². The number of aromatic nitrogens is 1. The number of hydrogen-bond donors (Lipinski definition) is 1. The predicted molar refractivity (Wildman–Crippen MR) is 70.1 cm³/mol. The lowest BCUT2D eigenvalue weighted by Crippen LogP contribution is -2.02. The zero-order valence-electron chi connectivity index (χ0n) is 9.39. The number of fused-ring (bicyclic) bond motifs is 1. The maximum absolute atomic E-state index is 11.1. The number of hydrogen-bond acceptors (Lipinski definition) is 3. The standard InChI is InChI=1S/C13H10BrNO3/c14-9-4-7-3-8(13(16)17)5-11(12(7)15-6-9)18-10-1-2-10/h3-6,10H,1-2H2,(H,16,17). The Balaban J connectivity index is 2.19. The summed E-state index contributed by atoms with van der Waals surface area (Å²) in [6, 6.07) is 4.99. The lowest BCUT2D eigenvalue weighted by Gasteiger charge is -2.09. The van der Waals surface area contributed by atoms with E-state index in [2.05, 4.69) is 20.9 Å². The molecule has 1 aromatic heterocycles. The number of benzene rings is 1. The molecule has 1 N–H and O–H groups in total. The van der Waals surface area contributed by atoms with Crippen LogP contribution in [0.15, 0.2) is 28.9 Å². The van der Waals surface area contributed by atoms with Gasteiger partial charge in [-0.2, -0.15) is 0 Å². The molecule has 1 aliphatic rings. The van der Waals surface area contributed by atoms with Crippen LogP contribution in [0.2, 0.25) is 0 Å². The van der Waals surface area contributed by atoms with Crippen molar-refractivity contribution in [3.05, 3.63) is 34.4 Å². The number of halogens is 1. The van der Waals surface area contributed by atoms with Crippen LogP contribution in [0.25, 0.3) is 10.9 Å². The molecule has 0 radical (unpaired) electrons. The molecule has 0 unspecified atom stereocenters. The molecule has 0 saturated heterocycles. The number of carboxylic acids is 1. The maximum atomic E-state index is 11.1. The first-order valence-electron chi connectivity index (χ1n) is 5.63. The van der Waals surface area contributed by atoms with Gasteiger partial charge in [0.2, 0.25) is 0 Å². The molecular formula is C13H10BrNO3. The first kappa shape index (κ1) is 11.5. The normalized spacial score (nSPS) is 14.7. The number of rotatable bonds is 3. The Morgan fingerprint density at radius 2 is 2.17 bits per heavy atom. The van der Waals surface area contributed by atoms with Crippen LogP contribution in [0.5, 0.6) is 5.75 Å². The lowest BCUT2D eigenvalue weighted by atomic mass is 10.1. The number of carboxylic acid groups (broad SMARTS) is 1. The zero-order valence-corrected chi connectivity index (χ0v) is 11.0. The van der Waals surface area contributed by atoms with Crippen LogP contribution < -0.4 is 4.74 Å². The first-order chi connectivity index (χ1) is 8.63. The van der Waals surface area contributed by atoms with Gasteiger partial charge in [-0.05, 0) is 47.0 Å². The molecule has 0 bridgehead atoms. The summed E-state index contributed by atoms with van der Waals surface area (Å²) in [5.74, 6) is -0.405. The van der Waals surface area contributed by atoms with Gasteiger partial charge in [0.25, 0.3) is 0 Å². The summed E-state index contributed by atoms with van der Waals surface area (Å²) in [5, 5.41) is 9.86. The van der Waals surface area contributed by atoms with Gasteiger partial charge in [-0.3, -0.25) is 4.98 Å². The largest absolute Gasteiger partial charge is 0.488 e. The van der Waals surface area contributed by atoms with Crippen molar-refractivity contribution in [1.29, 1.82) is 0 Å². The molecule has 1 fully saturated rings. The third kappa shape index (κ3) is 2.18. The Kier molecular flexibility index (Phi) is 2.70. The molecule has 2 aromatic rings. The van der Waals surface area contributed by atoms with Crippen molar-refractivity contribution in [3.8, 4) is 5.75 Å². The van der Waals surface area contributed by atoms with Crippen LogP contribution in [0.4, 0.5) is 0 Å². The molecule has 92 valence electrons. The van der Waals surface area contributed by atoms with Gasteiger partial charge in [0.1, 0.15) is 11.3 Å². The lowest BCUT2D eigenvalue weighted by molar-refractivity contribution is 0.0696. The summed E-state index contributed by atoms with van der Waals surface area (Å²) in [7, 11) is 0. The zero-order chi connectivity index (χ0) is 12.7. The Morgan fingerprint density at radius 3 is 2.83 bits per heavy atom. The second-order valence-corrected chi connectivity index (χ2v) is 5.24. The molecule has 0 aliphatic heterocycles. The average molecular weight is 308 g/mol. The van der Waals surface area contributed by atoms with Gasteiger partial charge in [-0.15, -0.1) is 0 Å². The summed E-state index contributed by atoms with van der Waals surface area (Å²) in [4.78, 5) is 15.4. The van der Waals surface area contributed by atoms with E-state index in [1.807, 2.05) is 6.07 Å². The van der Waals surface area contributed by atoms with Crippen LogP contribution >= 0.6 is 15.9 Å². The highest BCUT2D eigenvalue weighted by Gasteiger charge is 2.25. The molecule has 1 aromatic carbocycles. The van der Waals surface area contributed by atoms with E-state index in [-0.39, 0.29) is 11.7 Å². The van der Waals surface area contributed by atoms with Gasteiger partial charge >= 0.3 is 5.97 Å². The highest BCUT2D eigenvalue weighted by Crippen LogP contribution is 2.33. The predicted octanol–water partition coefficient (Wildman–Crippen LogP) is 3.24. The molecule has 18 heavy (non-hydrogen) atoms. The van der Waals surface area contributed by atoms with E-state index in [1.54, 1.807) is 18.3 Å². The number of pyridine rings is 1. The summed E-state index contributed by atoms with van der Waals surface area (Å²) >= 11 is 3.33. The van der Waals surface area contributed by atoms with E-state index in [4.69, 9.17) is 9.84 Å². The highest BCUT2D eigenvalue weighted by molar-refractivity contribution is 9.10. The van der Waals surface area contributed by atoms with Crippen LogP contribution in [0, 0.1) is 0 Å². The van der Waals surface area contributed by atoms with Crippen LogP contribution in [0.1, 0.15) is 23.2 Å². The van der Waals surface area contributed by atoms with Gasteiger partial charge in [-0.1, -0.05) is 0 Å². The van der Waals surface area contributed by atoms with Gasteiger partial charge < -0.3 is 9.84 Å². The van der Waals surface area contributed by atoms with Crippen LogP contribution in [-0.4, -0.2) is 22.2 Å². The highest BCUT2D eigenvalue weighted by atomic mass is 79.9. The summed E-state index contributed by atoms with van der Waals surface area (Å²) < 4.78 is 6.54. The van der Waals surface area contributed by atoms with Gasteiger partial charge in [0.05, 0.1) is 11.7 Å². The average Bonchev–Trinajstić information content (AvgIpc) is 3.12. The Labute approximate surface area is 112 Å².